The van der Waals surface area contributed by atoms with Crippen molar-refractivity contribution in [2.45, 2.75) is 6.92 Å². The van der Waals surface area contributed by atoms with Gasteiger partial charge in [-0.05, 0) is 55.0 Å². The summed E-state index contributed by atoms with van der Waals surface area (Å²) in [4.78, 5) is 12.4. The maximum atomic E-state index is 12.4. The van der Waals surface area contributed by atoms with Crippen molar-refractivity contribution in [3.05, 3.63) is 69.7 Å². The summed E-state index contributed by atoms with van der Waals surface area (Å²) in [6, 6.07) is 12.2. The van der Waals surface area contributed by atoms with Crippen LogP contribution in [0.5, 0.6) is 11.5 Å². The van der Waals surface area contributed by atoms with Gasteiger partial charge in [0.2, 0.25) is 0 Å². The van der Waals surface area contributed by atoms with Crippen molar-refractivity contribution in [3.8, 4) is 17.6 Å². The summed E-state index contributed by atoms with van der Waals surface area (Å²) in [6.07, 6.45) is 3.04. The standard InChI is InChI=1S/C21H18BrClN2O3/c1-3-9-28-20-18(23)11-14(12-19(20)27-4-2)10-15(13-24)21(26)25-17-7-5-16(22)6-8-17/h3,5-8,10-12H,1,4,9H2,2H3,(H,25,26)/b15-10+. The number of anilines is 1. The molecule has 0 spiro atoms. The molecule has 0 fully saturated rings. The van der Waals surface area contributed by atoms with Crippen molar-refractivity contribution in [1.82, 2.24) is 0 Å². The summed E-state index contributed by atoms with van der Waals surface area (Å²) >= 11 is 9.63. The van der Waals surface area contributed by atoms with E-state index in [0.29, 0.717) is 34.4 Å². The number of benzene rings is 2. The third-order valence-corrected chi connectivity index (χ3v) is 4.26. The number of ether oxygens (including phenoxy) is 2. The van der Waals surface area contributed by atoms with Crippen LogP contribution < -0.4 is 14.8 Å². The molecule has 5 nitrogen and oxygen atoms in total. The van der Waals surface area contributed by atoms with Crippen LogP contribution in [-0.4, -0.2) is 19.1 Å². The number of hydrogen-bond acceptors (Lipinski definition) is 4. The SMILES string of the molecule is C=CCOc1c(Cl)cc(/C=C(\C#N)C(=O)Nc2ccc(Br)cc2)cc1OCC. The first-order valence-corrected chi connectivity index (χ1v) is 9.54. The maximum Gasteiger partial charge on any atom is 0.266 e. The van der Waals surface area contributed by atoms with Gasteiger partial charge in [-0.25, -0.2) is 0 Å². The quantitative estimate of drug-likeness (QED) is 0.315. The van der Waals surface area contributed by atoms with E-state index in [-0.39, 0.29) is 12.2 Å². The minimum atomic E-state index is -0.522. The first-order chi connectivity index (χ1) is 13.5. The number of carbonyl (C=O) groups excluding carboxylic acids is 1. The van der Waals surface area contributed by atoms with Gasteiger partial charge in [0.1, 0.15) is 18.2 Å². The van der Waals surface area contributed by atoms with E-state index in [9.17, 15) is 10.1 Å². The molecule has 2 aromatic rings. The van der Waals surface area contributed by atoms with Gasteiger partial charge in [-0.15, -0.1) is 0 Å². The van der Waals surface area contributed by atoms with Gasteiger partial charge in [0, 0.05) is 10.2 Å². The van der Waals surface area contributed by atoms with Crippen molar-refractivity contribution in [3.63, 3.8) is 0 Å². The van der Waals surface area contributed by atoms with E-state index in [4.69, 9.17) is 21.1 Å². The van der Waals surface area contributed by atoms with Gasteiger partial charge in [0.15, 0.2) is 11.5 Å². The molecule has 0 aliphatic rings. The summed E-state index contributed by atoms with van der Waals surface area (Å²) < 4.78 is 12.0. The second kappa shape index (κ2) is 10.5. The molecule has 7 heteroatoms. The maximum absolute atomic E-state index is 12.4. The third kappa shape index (κ3) is 5.88. The number of nitriles is 1. The van der Waals surface area contributed by atoms with E-state index < -0.39 is 5.91 Å². The molecule has 1 amide bonds. The highest BCUT2D eigenvalue weighted by Gasteiger charge is 2.14. The van der Waals surface area contributed by atoms with Crippen molar-refractivity contribution < 1.29 is 14.3 Å². The van der Waals surface area contributed by atoms with Crippen molar-refractivity contribution in [1.29, 1.82) is 5.26 Å². The molecule has 2 rings (SSSR count). The Bertz CT molecular complexity index is 934. The monoisotopic (exact) mass is 460 g/mol. The van der Waals surface area contributed by atoms with Gasteiger partial charge in [0.25, 0.3) is 5.91 Å². The van der Waals surface area contributed by atoms with Crippen LogP contribution in [0.1, 0.15) is 12.5 Å². The first kappa shape index (κ1) is 21.5. The normalized spacial score (nSPS) is 10.7. The molecular weight excluding hydrogens is 444 g/mol. The highest BCUT2D eigenvalue weighted by Crippen LogP contribution is 2.37. The molecule has 0 aliphatic carbocycles. The lowest BCUT2D eigenvalue weighted by atomic mass is 10.1. The van der Waals surface area contributed by atoms with Crippen LogP contribution in [0.3, 0.4) is 0 Å². The molecule has 0 aliphatic heterocycles. The predicted octanol–water partition coefficient (Wildman–Crippen LogP) is 5.61. The smallest absolute Gasteiger partial charge is 0.266 e. The van der Waals surface area contributed by atoms with Gasteiger partial charge >= 0.3 is 0 Å². The van der Waals surface area contributed by atoms with Gasteiger partial charge < -0.3 is 14.8 Å². The van der Waals surface area contributed by atoms with Gasteiger partial charge in [-0.3, -0.25) is 4.79 Å². The lowest BCUT2D eigenvalue weighted by molar-refractivity contribution is -0.112. The fraction of sp³-hybridized carbons (Fsp3) is 0.143. The zero-order valence-corrected chi connectivity index (χ0v) is 17.5. The lowest BCUT2D eigenvalue weighted by Crippen LogP contribution is -2.13. The van der Waals surface area contributed by atoms with Crippen LogP contribution in [0.25, 0.3) is 6.08 Å². The van der Waals surface area contributed by atoms with E-state index in [1.54, 1.807) is 42.5 Å². The number of nitrogens with one attached hydrogen (secondary N) is 1. The number of amides is 1. The molecule has 0 atom stereocenters. The second-order valence-corrected chi connectivity index (χ2v) is 6.82. The van der Waals surface area contributed by atoms with Crippen LogP contribution in [0.4, 0.5) is 5.69 Å². The van der Waals surface area contributed by atoms with E-state index in [0.717, 1.165) is 4.47 Å². The van der Waals surface area contributed by atoms with Crippen LogP contribution in [0.15, 0.2) is 59.1 Å². The topological polar surface area (TPSA) is 71.3 Å². The van der Waals surface area contributed by atoms with Gasteiger partial charge in [0.05, 0.1) is 11.6 Å². The predicted molar refractivity (Wildman–Crippen MR) is 115 cm³/mol. The Morgan fingerprint density at radius 3 is 2.64 bits per heavy atom. The van der Waals surface area contributed by atoms with Crippen molar-refractivity contribution in [2.75, 3.05) is 18.5 Å². The largest absolute Gasteiger partial charge is 0.490 e. The average molecular weight is 462 g/mol. The molecule has 0 aromatic heterocycles. The first-order valence-electron chi connectivity index (χ1n) is 8.37. The van der Waals surface area contributed by atoms with Gasteiger partial charge in [-0.2, -0.15) is 5.26 Å². The summed E-state index contributed by atoms with van der Waals surface area (Å²) in [5, 5.41) is 12.4. The Morgan fingerprint density at radius 1 is 1.32 bits per heavy atom. The zero-order chi connectivity index (χ0) is 20.5. The number of halogens is 2. The Morgan fingerprint density at radius 2 is 2.04 bits per heavy atom. The van der Waals surface area contributed by atoms with Crippen molar-refractivity contribution >= 4 is 45.2 Å². The fourth-order valence-electron chi connectivity index (χ4n) is 2.26. The summed E-state index contributed by atoms with van der Waals surface area (Å²) in [5.74, 6) is 0.290. The van der Waals surface area contributed by atoms with Crippen LogP contribution >= 0.6 is 27.5 Å². The molecule has 0 bridgehead atoms. The Labute approximate surface area is 177 Å². The summed E-state index contributed by atoms with van der Waals surface area (Å²) in [6.45, 7) is 6.12. The van der Waals surface area contributed by atoms with Crippen LogP contribution in [-0.2, 0) is 4.79 Å². The zero-order valence-electron chi connectivity index (χ0n) is 15.2. The highest BCUT2D eigenvalue weighted by atomic mass is 79.9. The minimum Gasteiger partial charge on any atom is -0.490 e. The molecule has 0 heterocycles. The molecule has 0 unspecified atom stereocenters. The lowest BCUT2D eigenvalue weighted by Gasteiger charge is -2.13. The minimum absolute atomic E-state index is 0.0683. The number of hydrogen-bond donors (Lipinski definition) is 1. The fourth-order valence-corrected chi connectivity index (χ4v) is 2.80. The molecule has 144 valence electrons. The second-order valence-electron chi connectivity index (χ2n) is 5.49. The highest BCUT2D eigenvalue weighted by molar-refractivity contribution is 9.10. The average Bonchev–Trinajstić information content (AvgIpc) is 2.67. The number of carbonyl (C=O) groups is 1. The van der Waals surface area contributed by atoms with E-state index in [2.05, 4.69) is 27.8 Å². The van der Waals surface area contributed by atoms with E-state index in [1.807, 2.05) is 13.0 Å². The Balaban J connectivity index is 2.31. The number of nitrogens with zero attached hydrogens (tertiary/aromatic N) is 1. The molecule has 0 saturated heterocycles. The Kier molecular flexibility index (Phi) is 8.12. The van der Waals surface area contributed by atoms with E-state index >= 15 is 0 Å². The molecule has 2 aromatic carbocycles. The summed E-state index contributed by atoms with van der Waals surface area (Å²) in [7, 11) is 0. The molecule has 1 N–H and O–H groups in total. The molecule has 0 radical (unpaired) electrons. The summed E-state index contributed by atoms with van der Waals surface area (Å²) in [5.41, 5.74) is 1.05. The van der Waals surface area contributed by atoms with Crippen LogP contribution in [0, 0.1) is 11.3 Å². The van der Waals surface area contributed by atoms with E-state index in [1.165, 1.54) is 6.08 Å². The number of rotatable bonds is 8. The van der Waals surface area contributed by atoms with Gasteiger partial charge in [-0.1, -0.05) is 40.2 Å². The third-order valence-electron chi connectivity index (χ3n) is 3.46. The molecule has 28 heavy (non-hydrogen) atoms. The molecular formula is C21H18BrClN2O3. The molecule has 0 saturated carbocycles. The van der Waals surface area contributed by atoms with Crippen molar-refractivity contribution in [2.24, 2.45) is 0 Å². The van der Waals surface area contributed by atoms with Crippen LogP contribution in [0.2, 0.25) is 5.02 Å². The Hall–Kier alpha value is -2.75.